The Labute approximate surface area is 169 Å². The molecule has 0 spiro atoms. The summed E-state index contributed by atoms with van der Waals surface area (Å²) < 4.78 is 31.6. The molecule has 1 heterocycles. The molecule has 2 aromatic carbocycles. The van der Waals surface area contributed by atoms with E-state index in [0.29, 0.717) is 21.9 Å². The molecule has 3 rings (SSSR count). The molecule has 5 nitrogen and oxygen atoms in total. The largest absolute Gasteiger partial charge is 0.489 e. The highest BCUT2D eigenvalue weighted by Crippen LogP contribution is 2.29. The number of aryl methyl sites for hydroxylation is 2. The van der Waals surface area contributed by atoms with Gasteiger partial charge in [0.05, 0.1) is 4.90 Å². The topological polar surface area (TPSA) is 65.4 Å². The highest BCUT2D eigenvalue weighted by atomic mass is 35.5. The maximum absolute atomic E-state index is 12.2. The fourth-order valence-corrected chi connectivity index (χ4v) is 3.71. The summed E-state index contributed by atoms with van der Waals surface area (Å²) in [5.74, 6) is 0.407. The van der Waals surface area contributed by atoms with E-state index in [4.69, 9.17) is 16.3 Å². The summed E-state index contributed by atoms with van der Waals surface area (Å²) in [6.45, 7) is 1.93. The molecule has 28 heavy (non-hydrogen) atoms. The molecular weight excluding hydrogens is 398 g/mol. The minimum Gasteiger partial charge on any atom is -0.489 e. The van der Waals surface area contributed by atoms with Crippen molar-refractivity contribution >= 4 is 21.4 Å². The number of benzene rings is 2. The molecular formula is C21H20ClNO4S. The molecule has 3 aromatic rings. The average molecular weight is 418 g/mol. The molecule has 0 saturated heterocycles. The zero-order valence-electron chi connectivity index (χ0n) is 15.8. The normalized spacial score (nSPS) is 11.4. The predicted octanol–water partition coefficient (Wildman–Crippen LogP) is 4.00. The van der Waals surface area contributed by atoms with Crippen LogP contribution in [0.1, 0.15) is 11.1 Å². The molecule has 0 aliphatic heterocycles. The number of halogens is 1. The van der Waals surface area contributed by atoms with Gasteiger partial charge in [-0.1, -0.05) is 29.8 Å². The number of pyridine rings is 1. The monoisotopic (exact) mass is 417 g/mol. The van der Waals surface area contributed by atoms with Crippen LogP contribution < -0.4 is 10.3 Å². The summed E-state index contributed by atoms with van der Waals surface area (Å²) >= 11 is 6.16. The molecule has 0 aliphatic rings. The van der Waals surface area contributed by atoms with Gasteiger partial charge in [0.2, 0.25) is 0 Å². The highest BCUT2D eigenvalue weighted by molar-refractivity contribution is 7.90. The molecule has 0 amide bonds. The van der Waals surface area contributed by atoms with E-state index < -0.39 is 9.84 Å². The smallest absolute Gasteiger partial charge is 0.253 e. The van der Waals surface area contributed by atoms with Gasteiger partial charge in [-0.2, -0.15) is 0 Å². The van der Waals surface area contributed by atoms with Crippen LogP contribution in [0.2, 0.25) is 5.02 Å². The Morgan fingerprint density at radius 1 is 1.07 bits per heavy atom. The van der Waals surface area contributed by atoms with Crippen LogP contribution in [0.5, 0.6) is 5.75 Å². The molecule has 0 bridgehead atoms. The lowest BCUT2D eigenvalue weighted by Gasteiger charge is -2.13. The minimum absolute atomic E-state index is 0.0989. The third-order valence-corrected chi connectivity index (χ3v) is 5.82. The molecule has 0 radical (unpaired) electrons. The van der Waals surface area contributed by atoms with Crippen molar-refractivity contribution in [3.63, 3.8) is 0 Å². The second kappa shape index (κ2) is 7.81. The molecule has 0 atom stereocenters. The van der Waals surface area contributed by atoms with E-state index in [1.54, 1.807) is 44.4 Å². The van der Waals surface area contributed by atoms with Crippen LogP contribution in [0.4, 0.5) is 0 Å². The fraction of sp³-hybridized carbons (Fsp3) is 0.190. The Morgan fingerprint density at radius 2 is 1.79 bits per heavy atom. The molecule has 0 aliphatic carbocycles. The van der Waals surface area contributed by atoms with Crippen molar-refractivity contribution in [2.24, 2.45) is 7.05 Å². The summed E-state index contributed by atoms with van der Waals surface area (Å²) in [7, 11) is -1.79. The Balaban J connectivity index is 2.05. The van der Waals surface area contributed by atoms with Crippen molar-refractivity contribution in [3.8, 4) is 16.9 Å². The van der Waals surface area contributed by atoms with Gasteiger partial charge in [-0.15, -0.1) is 0 Å². The molecule has 146 valence electrons. The minimum atomic E-state index is -3.45. The second-order valence-electron chi connectivity index (χ2n) is 6.67. The van der Waals surface area contributed by atoms with Crippen molar-refractivity contribution in [1.82, 2.24) is 4.57 Å². The third-order valence-electron chi connectivity index (χ3n) is 4.36. The number of hydrogen-bond acceptors (Lipinski definition) is 4. The predicted molar refractivity (Wildman–Crippen MR) is 111 cm³/mol. The molecule has 0 saturated carbocycles. The fourth-order valence-electron chi connectivity index (χ4n) is 2.85. The van der Waals surface area contributed by atoms with Crippen LogP contribution in [-0.2, 0) is 23.5 Å². The molecule has 7 heteroatoms. The Hall–Kier alpha value is -2.57. The summed E-state index contributed by atoms with van der Waals surface area (Å²) in [6.07, 6.45) is 2.82. The lowest BCUT2D eigenvalue weighted by Crippen LogP contribution is -2.18. The first-order chi connectivity index (χ1) is 13.1. The lowest BCUT2D eigenvalue weighted by molar-refractivity contribution is 0.305. The maximum Gasteiger partial charge on any atom is 0.253 e. The number of ether oxygens (including phenoxy) is 1. The van der Waals surface area contributed by atoms with Gasteiger partial charge in [0.1, 0.15) is 12.4 Å². The summed E-state index contributed by atoms with van der Waals surface area (Å²) in [5, 5.41) is 0.579. The molecule has 0 N–H and O–H groups in total. The molecule has 0 fully saturated rings. The van der Waals surface area contributed by atoms with Gasteiger partial charge in [-0.05, 0) is 48.4 Å². The number of rotatable bonds is 5. The van der Waals surface area contributed by atoms with Gasteiger partial charge >= 0.3 is 0 Å². The zero-order valence-corrected chi connectivity index (χ0v) is 17.3. The van der Waals surface area contributed by atoms with Crippen molar-refractivity contribution in [2.45, 2.75) is 18.4 Å². The maximum atomic E-state index is 12.2. The van der Waals surface area contributed by atoms with Gasteiger partial charge < -0.3 is 9.30 Å². The van der Waals surface area contributed by atoms with Crippen LogP contribution in [0.3, 0.4) is 0 Å². The number of nitrogens with zero attached hydrogens (tertiary/aromatic N) is 1. The highest BCUT2D eigenvalue weighted by Gasteiger charge is 2.14. The zero-order chi connectivity index (χ0) is 20.5. The van der Waals surface area contributed by atoms with Crippen LogP contribution in [0.25, 0.3) is 11.1 Å². The first-order valence-electron chi connectivity index (χ1n) is 8.54. The standard InChI is InChI=1S/C21H20ClNO4S/c1-14-8-17(12-23(2)21(14)24)16-9-18(11-19(10-16)28(3,25)26)27-13-15-6-4-5-7-20(15)22/h4-12H,13H2,1-3H3. The molecule has 0 unspecified atom stereocenters. The van der Waals surface area contributed by atoms with E-state index in [-0.39, 0.29) is 17.1 Å². The first kappa shape index (κ1) is 20.2. The van der Waals surface area contributed by atoms with Crippen LogP contribution in [0, 0.1) is 6.92 Å². The SMILES string of the molecule is Cc1cc(-c2cc(OCc3ccccc3Cl)cc(S(C)(=O)=O)c2)cn(C)c1=O. The van der Waals surface area contributed by atoms with Crippen molar-refractivity contribution < 1.29 is 13.2 Å². The first-order valence-corrected chi connectivity index (χ1v) is 10.8. The Bertz CT molecular complexity index is 1170. The summed E-state index contributed by atoms with van der Waals surface area (Å²) in [4.78, 5) is 12.1. The number of aromatic nitrogens is 1. The van der Waals surface area contributed by atoms with E-state index in [1.807, 2.05) is 18.2 Å². The van der Waals surface area contributed by atoms with Gasteiger partial charge in [-0.3, -0.25) is 4.79 Å². The van der Waals surface area contributed by atoms with Gasteiger partial charge in [0.15, 0.2) is 9.84 Å². The van der Waals surface area contributed by atoms with Crippen LogP contribution in [0.15, 0.2) is 64.4 Å². The van der Waals surface area contributed by atoms with E-state index in [2.05, 4.69) is 0 Å². The lowest BCUT2D eigenvalue weighted by atomic mass is 10.1. The van der Waals surface area contributed by atoms with Crippen molar-refractivity contribution in [2.75, 3.05) is 6.26 Å². The molecule has 1 aromatic heterocycles. The van der Waals surface area contributed by atoms with Crippen LogP contribution in [-0.4, -0.2) is 19.2 Å². The van der Waals surface area contributed by atoms with Crippen molar-refractivity contribution in [1.29, 1.82) is 0 Å². The average Bonchev–Trinajstić information content (AvgIpc) is 2.64. The van der Waals surface area contributed by atoms with E-state index in [9.17, 15) is 13.2 Å². The van der Waals surface area contributed by atoms with E-state index in [1.165, 1.54) is 10.6 Å². The van der Waals surface area contributed by atoms with Crippen molar-refractivity contribution in [3.05, 3.63) is 81.2 Å². The summed E-state index contributed by atoms with van der Waals surface area (Å²) in [6, 6.07) is 13.9. The third kappa shape index (κ3) is 4.46. The van der Waals surface area contributed by atoms with Gasteiger partial charge in [0.25, 0.3) is 5.56 Å². The number of sulfone groups is 1. The Morgan fingerprint density at radius 3 is 2.43 bits per heavy atom. The Kier molecular flexibility index (Phi) is 5.63. The van der Waals surface area contributed by atoms with Gasteiger partial charge in [0, 0.05) is 35.6 Å². The van der Waals surface area contributed by atoms with E-state index >= 15 is 0 Å². The quantitative estimate of drug-likeness (QED) is 0.629. The summed E-state index contributed by atoms with van der Waals surface area (Å²) in [5.41, 5.74) is 2.65. The van der Waals surface area contributed by atoms with E-state index in [0.717, 1.165) is 17.4 Å². The second-order valence-corrected chi connectivity index (χ2v) is 9.10. The van der Waals surface area contributed by atoms with Crippen LogP contribution >= 0.6 is 11.6 Å². The number of hydrogen-bond donors (Lipinski definition) is 0. The van der Waals surface area contributed by atoms with Gasteiger partial charge in [-0.25, -0.2) is 8.42 Å².